The molecule has 0 N–H and O–H groups in total. The molecule has 0 fully saturated rings. The predicted molar refractivity (Wildman–Crippen MR) is 54.5 cm³/mol. The van der Waals surface area contributed by atoms with Gasteiger partial charge >= 0.3 is 5.97 Å². The molecule has 0 saturated carbocycles. The summed E-state index contributed by atoms with van der Waals surface area (Å²) in [5.41, 5.74) is 1.28. The Kier molecular flexibility index (Phi) is 6.29. The lowest BCUT2D eigenvalue weighted by Crippen LogP contribution is -2.13. The molecule has 76 valence electrons. The molecule has 0 radical (unpaired) electrons. The van der Waals surface area contributed by atoms with Crippen LogP contribution >= 0.6 is 0 Å². The van der Waals surface area contributed by atoms with E-state index in [1.54, 1.807) is 0 Å². The van der Waals surface area contributed by atoms with Gasteiger partial charge in [0.15, 0.2) is 0 Å². The van der Waals surface area contributed by atoms with Crippen molar-refractivity contribution in [3.8, 4) is 0 Å². The minimum Gasteiger partial charge on any atom is -0.469 e. The lowest BCUT2D eigenvalue weighted by molar-refractivity contribution is -0.143. The fraction of sp³-hybridized carbons (Fsp3) is 0.727. The Balaban J connectivity index is 4.25. The Morgan fingerprint density at radius 1 is 1.46 bits per heavy atom. The molecular weight excluding hydrogens is 164 g/mol. The molecule has 1 atom stereocenters. The van der Waals surface area contributed by atoms with Crippen molar-refractivity contribution in [1.29, 1.82) is 0 Å². The molecule has 13 heavy (non-hydrogen) atoms. The highest BCUT2D eigenvalue weighted by atomic mass is 16.5. The molecule has 0 aromatic heterocycles. The molecule has 2 nitrogen and oxygen atoms in total. The maximum absolute atomic E-state index is 11.2. The highest BCUT2D eigenvalue weighted by molar-refractivity contribution is 5.74. The van der Waals surface area contributed by atoms with Crippen molar-refractivity contribution in [2.24, 2.45) is 5.92 Å². The van der Waals surface area contributed by atoms with Crippen LogP contribution < -0.4 is 0 Å². The Morgan fingerprint density at radius 3 is 2.46 bits per heavy atom. The number of ether oxygens (including phenoxy) is 1. The molecule has 0 saturated heterocycles. The van der Waals surface area contributed by atoms with E-state index in [1.807, 2.05) is 13.0 Å². The standard InChI is InChI=1S/C11H20O2/c1-5-7-9(3)8-10(6-2)11(12)13-4/h8,10H,5-7H2,1-4H3. The first-order valence-electron chi connectivity index (χ1n) is 4.90. The molecule has 0 heterocycles. The van der Waals surface area contributed by atoms with Crippen LogP contribution in [-0.4, -0.2) is 13.1 Å². The molecule has 0 bridgehead atoms. The first-order valence-corrected chi connectivity index (χ1v) is 4.90. The summed E-state index contributed by atoms with van der Waals surface area (Å²) < 4.78 is 4.70. The van der Waals surface area contributed by atoms with Gasteiger partial charge in [0.05, 0.1) is 13.0 Å². The normalized spacial score (nSPS) is 14.0. The van der Waals surface area contributed by atoms with Gasteiger partial charge in [-0.15, -0.1) is 0 Å². The number of hydrogen-bond acceptors (Lipinski definition) is 2. The molecule has 0 aliphatic heterocycles. The summed E-state index contributed by atoms with van der Waals surface area (Å²) in [6.45, 7) is 6.20. The lowest BCUT2D eigenvalue weighted by Gasteiger charge is -2.08. The Bertz CT molecular complexity index is 183. The lowest BCUT2D eigenvalue weighted by atomic mass is 10.0. The minimum absolute atomic E-state index is 0.0588. The van der Waals surface area contributed by atoms with Crippen LogP contribution in [0.2, 0.25) is 0 Å². The third-order valence-electron chi connectivity index (χ3n) is 2.07. The summed E-state index contributed by atoms with van der Waals surface area (Å²) in [6.07, 6.45) is 5.02. The molecule has 2 heteroatoms. The third kappa shape index (κ3) is 4.71. The second-order valence-electron chi connectivity index (χ2n) is 3.30. The van der Waals surface area contributed by atoms with Gasteiger partial charge in [-0.3, -0.25) is 4.79 Å². The number of methoxy groups -OCH3 is 1. The average molecular weight is 184 g/mol. The zero-order valence-corrected chi connectivity index (χ0v) is 9.09. The zero-order chi connectivity index (χ0) is 10.3. The fourth-order valence-electron chi connectivity index (χ4n) is 1.33. The molecular formula is C11H20O2. The van der Waals surface area contributed by atoms with Crippen molar-refractivity contribution in [3.05, 3.63) is 11.6 Å². The first-order chi connectivity index (χ1) is 6.15. The van der Waals surface area contributed by atoms with Crippen LogP contribution in [0.1, 0.15) is 40.0 Å². The van der Waals surface area contributed by atoms with Gasteiger partial charge in [0.1, 0.15) is 0 Å². The summed E-state index contributed by atoms with van der Waals surface area (Å²) in [5, 5.41) is 0. The molecule has 0 aliphatic rings. The Morgan fingerprint density at radius 2 is 2.08 bits per heavy atom. The predicted octanol–water partition coefficient (Wildman–Crippen LogP) is 2.93. The molecule has 0 rings (SSSR count). The second kappa shape index (κ2) is 6.70. The van der Waals surface area contributed by atoms with Gasteiger partial charge in [0.25, 0.3) is 0 Å². The van der Waals surface area contributed by atoms with Crippen LogP contribution in [-0.2, 0) is 9.53 Å². The van der Waals surface area contributed by atoms with Crippen molar-refractivity contribution >= 4 is 5.97 Å². The number of hydrogen-bond donors (Lipinski definition) is 0. The van der Waals surface area contributed by atoms with Gasteiger partial charge < -0.3 is 4.74 Å². The van der Waals surface area contributed by atoms with Crippen molar-refractivity contribution in [3.63, 3.8) is 0 Å². The van der Waals surface area contributed by atoms with Crippen LogP contribution in [0.3, 0.4) is 0 Å². The summed E-state index contributed by atoms with van der Waals surface area (Å²) in [5.74, 6) is -0.186. The van der Waals surface area contributed by atoms with Crippen LogP contribution in [0.5, 0.6) is 0 Å². The van der Waals surface area contributed by atoms with E-state index in [9.17, 15) is 4.79 Å². The quantitative estimate of drug-likeness (QED) is 0.485. The first kappa shape index (κ1) is 12.2. The second-order valence-corrected chi connectivity index (χ2v) is 3.30. The van der Waals surface area contributed by atoms with E-state index in [0.717, 1.165) is 19.3 Å². The maximum Gasteiger partial charge on any atom is 0.312 e. The van der Waals surface area contributed by atoms with Gasteiger partial charge in [-0.1, -0.05) is 31.9 Å². The fourth-order valence-corrected chi connectivity index (χ4v) is 1.33. The summed E-state index contributed by atoms with van der Waals surface area (Å²) >= 11 is 0. The van der Waals surface area contributed by atoms with Crippen LogP contribution in [0.25, 0.3) is 0 Å². The molecule has 0 aromatic carbocycles. The van der Waals surface area contributed by atoms with Crippen molar-refractivity contribution in [2.75, 3.05) is 7.11 Å². The van der Waals surface area contributed by atoms with Crippen molar-refractivity contribution in [2.45, 2.75) is 40.0 Å². The number of carbonyl (C=O) groups is 1. The number of carbonyl (C=O) groups excluding carboxylic acids is 1. The summed E-state index contributed by atoms with van der Waals surface area (Å²) in [4.78, 5) is 11.2. The van der Waals surface area contributed by atoms with E-state index < -0.39 is 0 Å². The molecule has 0 amide bonds. The van der Waals surface area contributed by atoms with E-state index in [2.05, 4.69) is 13.8 Å². The highest BCUT2D eigenvalue weighted by Crippen LogP contribution is 2.12. The van der Waals surface area contributed by atoms with Gasteiger partial charge in [-0.25, -0.2) is 0 Å². The average Bonchev–Trinajstić information content (AvgIpc) is 2.13. The monoisotopic (exact) mass is 184 g/mol. The molecule has 0 aromatic rings. The highest BCUT2D eigenvalue weighted by Gasteiger charge is 2.13. The zero-order valence-electron chi connectivity index (χ0n) is 9.09. The number of esters is 1. The van der Waals surface area contributed by atoms with Gasteiger partial charge in [0.2, 0.25) is 0 Å². The van der Waals surface area contributed by atoms with Crippen LogP contribution in [0, 0.1) is 5.92 Å². The summed E-state index contributed by atoms with van der Waals surface area (Å²) in [6, 6.07) is 0. The topological polar surface area (TPSA) is 26.3 Å². The van der Waals surface area contributed by atoms with E-state index in [-0.39, 0.29) is 11.9 Å². The van der Waals surface area contributed by atoms with Crippen LogP contribution in [0.15, 0.2) is 11.6 Å². The van der Waals surface area contributed by atoms with Gasteiger partial charge in [0, 0.05) is 0 Å². The Labute approximate surface area is 81.0 Å². The van der Waals surface area contributed by atoms with E-state index in [4.69, 9.17) is 4.74 Å². The SMILES string of the molecule is CCCC(C)=CC(CC)C(=O)OC. The van der Waals surface area contributed by atoms with E-state index in [1.165, 1.54) is 12.7 Å². The maximum atomic E-state index is 11.2. The van der Waals surface area contributed by atoms with E-state index >= 15 is 0 Å². The largest absolute Gasteiger partial charge is 0.469 e. The van der Waals surface area contributed by atoms with Gasteiger partial charge in [-0.05, 0) is 19.8 Å². The smallest absolute Gasteiger partial charge is 0.312 e. The van der Waals surface area contributed by atoms with E-state index in [0.29, 0.717) is 0 Å². The van der Waals surface area contributed by atoms with Crippen molar-refractivity contribution < 1.29 is 9.53 Å². The minimum atomic E-state index is -0.127. The van der Waals surface area contributed by atoms with Crippen molar-refractivity contribution in [1.82, 2.24) is 0 Å². The molecule has 0 spiro atoms. The third-order valence-corrected chi connectivity index (χ3v) is 2.07. The van der Waals surface area contributed by atoms with Gasteiger partial charge in [-0.2, -0.15) is 0 Å². The molecule has 1 unspecified atom stereocenters. The van der Waals surface area contributed by atoms with Crippen LogP contribution in [0.4, 0.5) is 0 Å². The Hall–Kier alpha value is -0.790. The number of rotatable bonds is 5. The summed E-state index contributed by atoms with van der Waals surface area (Å²) in [7, 11) is 1.44. The number of allylic oxidation sites excluding steroid dienone is 1. The molecule has 0 aliphatic carbocycles.